The molecule has 0 bridgehead atoms. The van der Waals surface area contributed by atoms with Crippen molar-refractivity contribution in [2.45, 2.75) is 40.2 Å². The lowest BCUT2D eigenvalue weighted by molar-refractivity contribution is -0.123. The van der Waals surface area contributed by atoms with E-state index in [1.165, 1.54) is 5.56 Å². The van der Waals surface area contributed by atoms with Crippen LogP contribution in [0.25, 0.3) is 0 Å². The van der Waals surface area contributed by atoms with Gasteiger partial charge in [-0.15, -0.1) is 0 Å². The van der Waals surface area contributed by atoms with Crippen molar-refractivity contribution in [1.29, 1.82) is 0 Å². The molecule has 1 atom stereocenters. The summed E-state index contributed by atoms with van der Waals surface area (Å²) in [7, 11) is 1.94. The van der Waals surface area contributed by atoms with Crippen LogP contribution in [0.15, 0.2) is 18.2 Å². The van der Waals surface area contributed by atoms with Crippen LogP contribution >= 0.6 is 0 Å². The van der Waals surface area contributed by atoms with Gasteiger partial charge in [0.25, 0.3) is 5.91 Å². The van der Waals surface area contributed by atoms with Crippen LogP contribution in [0.1, 0.15) is 44.4 Å². The molecule has 0 spiro atoms. The van der Waals surface area contributed by atoms with Crippen LogP contribution in [0.4, 0.5) is 0 Å². The zero-order valence-electron chi connectivity index (χ0n) is 13.8. The van der Waals surface area contributed by atoms with Gasteiger partial charge in [0.05, 0.1) is 0 Å². The van der Waals surface area contributed by atoms with E-state index in [1.54, 1.807) is 0 Å². The monoisotopic (exact) mass is 292 g/mol. The molecule has 1 amide bonds. The molecule has 0 saturated carbocycles. The highest BCUT2D eigenvalue weighted by atomic mass is 16.5. The van der Waals surface area contributed by atoms with E-state index in [4.69, 9.17) is 4.74 Å². The fourth-order valence-electron chi connectivity index (χ4n) is 1.97. The van der Waals surface area contributed by atoms with Crippen LogP contribution in [0.2, 0.25) is 0 Å². The Morgan fingerprint density at radius 1 is 1.29 bits per heavy atom. The summed E-state index contributed by atoms with van der Waals surface area (Å²) >= 11 is 0. The first-order valence-corrected chi connectivity index (χ1v) is 7.61. The molecule has 1 aromatic rings. The molecular formula is C17H28N2O2. The quantitative estimate of drug-likeness (QED) is 0.774. The van der Waals surface area contributed by atoms with E-state index in [2.05, 4.69) is 37.5 Å². The summed E-state index contributed by atoms with van der Waals surface area (Å²) in [5, 5.41) is 6.07. The zero-order valence-corrected chi connectivity index (χ0v) is 13.8. The summed E-state index contributed by atoms with van der Waals surface area (Å²) < 4.78 is 5.59. The molecule has 0 heterocycles. The van der Waals surface area contributed by atoms with Crippen LogP contribution in [0.5, 0.6) is 5.75 Å². The number of rotatable bonds is 8. The Labute approximate surface area is 128 Å². The first-order chi connectivity index (χ1) is 9.93. The maximum atomic E-state index is 11.7. The molecule has 21 heavy (non-hydrogen) atoms. The molecule has 0 aliphatic heterocycles. The Morgan fingerprint density at radius 3 is 2.57 bits per heavy atom. The summed E-state index contributed by atoms with van der Waals surface area (Å²) in [4.78, 5) is 11.7. The molecule has 1 rings (SSSR count). The average Bonchev–Trinajstić information content (AvgIpc) is 2.44. The number of carbonyl (C=O) groups is 1. The summed E-state index contributed by atoms with van der Waals surface area (Å²) in [6.45, 7) is 9.16. The topological polar surface area (TPSA) is 50.4 Å². The van der Waals surface area contributed by atoms with Gasteiger partial charge in [-0.1, -0.05) is 26.0 Å². The molecule has 1 aromatic carbocycles. The van der Waals surface area contributed by atoms with Crippen LogP contribution < -0.4 is 15.4 Å². The number of amides is 1. The van der Waals surface area contributed by atoms with E-state index in [0.717, 1.165) is 17.7 Å². The number of hydrogen-bond acceptors (Lipinski definition) is 3. The minimum Gasteiger partial charge on any atom is -0.484 e. The molecule has 118 valence electrons. The number of aryl methyl sites for hydroxylation is 1. The lowest BCUT2D eigenvalue weighted by Crippen LogP contribution is -2.30. The maximum Gasteiger partial charge on any atom is 0.257 e. The smallest absolute Gasteiger partial charge is 0.257 e. The third-order valence-corrected chi connectivity index (χ3v) is 3.53. The maximum absolute atomic E-state index is 11.7. The second kappa shape index (κ2) is 8.67. The van der Waals surface area contributed by atoms with Crippen LogP contribution in [0.3, 0.4) is 0 Å². The third-order valence-electron chi connectivity index (χ3n) is 3.53. The van der Waals surface area contributed by atoms with Crippen molar-refractivity contribution in [2.75, 3.05) is 20.2 Å². The van der Waals surface area contributed by atoms with Crippen molar-refractivity contribution in [3.63, 3.8) is 0 Å². The highest BCUT2D eigenvalue weighted by molar-refractivity contribution is 5.77. The van der Waals surface area contributed by atoms with E-state index in [1.807, 2.05) is 26.1 Å². The van der Waals surface area contributed by atoms with Crippen molar-refractivity contribution in [2.24, 2.45) is 5.92 Å². The van der Waals surface area contributed by atoms with Gasteiger partial charge in [0.2, 0.25) is 0 Å². The molecule has 1 unspecified atom stereocenters. The summed E-state index contributed by atoms with van der Waals surface area (Å²) in [6, 6.07) is 6.35. The lowest BCUT2D eigenvalue weighted by Gasteiger charge is -2.14. The van der Waals surface area contributed by atoms with E-state index >= 15 is 0 Å². The number of ether oxygens (including phenoxy) is 1. The van der Waals surface area contributed by atoms with Crippen LogP contribution in [-0.4, -0.2) is 26.1 Å². The lowest BCUT2D eigenvalue weighted by atomic mass is 10.1. The average molecular weight is 292 g/mol. The van der Waals surface area contributed by atoms with Gasteiger partial charge in [-0.2, -0.15) is 0 Å². The summed E-state index contributed by atoms with van der Waals surface area (Å²) in [5.41, 5.74) is 2.26. The van der Waals surface area contributed by atoms with Crippen molar-refractivity contribution < 1.29 is 9.53 Å². The van der Waals surface area contributed by atoms with Crippen LogP contribution in [-0.2, 0) is 4.79 Å². The molecule has 0 saturated heterocycles. The molecule has 0 radical (unpaired) electrons. The highest BCUT2D eigenvalue weighted by Gasteiger charge is 2.08. The normalized spacial score (nSPS) is 12.3. The minimum atomic E-state index is -0.0669. The van der Waals surface area contributed by atoms with Gasteiger partial charge in [0, 0.05) is 12.6 Å². The van der Waals surface area contributed by atoms with Gasteiger partial charge >= 0.3 is 0 Å². The first-order valence-electron chi connectivity index (χ1n) is 7.61. The standard InChI is InChI=1S/C17H28N2O2/c1-12(2)8-9-19-17(20)11-21-16-7-6-15(10-13(16)3)14(4)18-5/h6-7,10,12,14,18H,8-9,11H2,1-5H3,(H,19,20). The second-order valence-corrected chi connectivity index (χ2v) is 5.86. The number of benzene rings is 1. The SMILES string of the molecule is CNC(C)c1ccc(OCC(=O)NCCC(C)C)c(C)c1. The predicted molar refractivity (Wildman–Crippen MR) is 86.6 cm³/mol. The minimum absolute atomic E-state index is 0.0669. The third kappa shape index (κ3) is 6.17. The van der Waals surface area contributed by atoms with Crippen molar-refractivity contribution in [1.82, 2.24) is 10.6 Å². The van der Waals surface area contributed by atoms with Crippen molar-refractivity contribution in [3.8, 4) is 5.75 Å². The van der Waals surface area contributed by atoms with E-state index < -0.39 is 0 Å². The van der Waals surface area contributed by atoms with Crippen molar-refractivity contribution >= 4 is 5.91 Å². The predicted octanol–water partition coefficient (Wildman–Crippen LogP) is 2.82. The van der Waals surface area contributed by atoms with Crippen molar-refractivity contribution in [3.05, 3.63) is 29.3 Å². The second-order valence-electron chi connectivity index (χ2n) is 5.86. The van der Waals surface area contributed by atoms with Gasteiger partial charge in [0.15, 0.2) is 6.61 Å². The Balaban J connectivity index is 2.46. The molecule has 0 aliphatic carbocycles. The molecule has 0 aliphatic rings. The van der Waals surface area contributed by atoms with Gasteiger partial charge in [-0.05, 0) is 50.4 Å². The largest absolute Gasteiger partial charge is 0.484 e. The van der Waals surface area contributed by atoms with Gasteiger partial charge in [-0.25, -0.2) is 0 Å². The summed E-state index contributed by atoms with van der Waals surface area (Å²) in [5.74, 6) is 1.29. The molecule has 4 heteroatoms. The number of hydrogen-bond donors (Lipinski definition) is 2. The number of nitrogens with one attached hydrogen (secondary N) is 2. The first kappa shape index (κ1) is 17.5. The molecule has 0 aromatic heterocycles. The summed E-state index contributed by atoms with van der Waals surface area (Å²) in [6.07, 6.45) is 0.987. The van der Waals surface area contributed by atoms with Gasteiger partial charge < -0.3 is 15.4 Å². The van der Waals surface area contributed by atoms with E-state index in [9.17, 15) is 4.79 Å². The van der Waals surface area contributed by atoms with Gasteiger partial charge in [-0.3, -0.25) is 4.79 Å². The zero-order chi connectivity index (χ0) is 15.8. The molecule has 0 fully saturated rings. The Hall–Kier alpha value is -1.55. The Kier molecular flexibility index (Phi) is 7.23. The Morgan fingerprint density at radius 2 is 2.00 bits per heavy atom. The highest BCUT2D eigenvalue weighted by Crippen LogP contribution is 2.22. The molecule has 4 nitrogen and oxygen atoms in total. The fourth-order valence-corrected chi connectivity index (χ4v) is 1.97. The van der Waals surface area contributed by atoms with E-state index in [0.29, 0.717) is 18.5 Å². The fraction of sp³-hybridized carbons (Fsp3) is 0.588. The molecule has 2 N–H and O–H groups in total. The number of carbonyl (C=O) groups excluding carboxylic acids is 1. The van der Waals surface area contributed by atoms with Crippen LogP contribution in [0, 0.1) is 12.8 Å². The Bertz CT molecular complexity index is 458. The van der Waals surface area contributed by atoms with Gasteiger partial charge in [0.1, 0.15) is 5.75 Å². The molecular weight excluding hydrogens is 264 g/mol. The van der Waals surface area contributed by atoms with E-state index in [-0.39, 0.29) is 12.5 Å².